The van der Waals surface area contributed by atoms with Gasteiger partial charge in [0.25, 0.3) is 5.24 Å². The Balaban J connectivity index is 2.65. The molecule has 0 aliphatic heterocycles. The summed E-state index contributed by atoms with van der Waals surface area (Å²) in [7, 11) is 0. The quantitative estimate of drug-likeness (QED) is 0.813. The lowest BCUT2D eigenvalue weighted by Gasteiger charge is -2.01. The zero-order valence-electron chi connectivity index (χ0n) is 8.11. The van der Waals surface area contributed by atoms with Crippen LogP contribution in [-0.4, -0.2) is 16.3 Å². The SMILES string of the molecule is O=C(O)c1ccc2ccc(C(=O)Cl)cc2c1. The molecule has 0 bridgehead atoms. The minimum absolute atomic E-state index is 0.187. The molecule has 80 valence electrons. The number of hydrogen-bond donors (Lipinski definition) is 1. The summed E-state index contributed by atoms with van der Waals surface area (Å²) in [4.78, 5) is 21.7. The summed E-state index contributed by atoms with van der Waals surface area (Å²) in [5.74, 6) is -0.996. The number of fused-ring (bicyclic) bond motifs is 1. The Labute approximate surface area is 96.3 Å². The largest absolute Gasteiger partial charge is 0.478 e. The molecule has 2 rings (SSSR count). The van der Waals surface area contributed by atoms with Gasteiger partial charge < -0.3 is 5.11 Å². The van der Waals surface area contributed by atoms with E-state index < -0.39 is 11.2 Å². The van der Waals surface area contributed by atoms with Gasteiger partial charge in [-0.15, -0.1) is 0 Å². The van der Waals surface area contributed by atoms with Crippen molar-refractivity contribution in [2.24, 2.45) is 0 Å². The molecular formula is C12H7ClO3. The Kier molecular flexibility index (Phi) is 2.62. The van der Waals surface area contributed by atoms with Crippen molar-refractivity contribution in [2.45, 2.75) is 0 Å². The smallest absolute Gasteiger partial charge is 0.335 e. The summed E-state index contributed by atoms with van der Waals surface area (Å²) in [6, 6.07) is 9.65. The molecule has 2 aromatic rings. The molecule has 0 saturated heterocycles. The molecule has 3 nitrogen and oxygen atoms in total. The number of carboxylic acids is 1. The van der Waals surface area contributed by atoms with Crippen molar-refractivity contribution in [3.05, 3.63) is 47.5 Å². The lowest BCUT2D eigenvalue weighted by atomic mass is 10.0. The Morgan fingerprint density at radius 2 is 1.50 bits per heavy atom. The molecule has 0 aromatic heterocycles. The number of hydrogen-bond acceptors (Lipinski definition) is 2. The highest BCUT2D eigenvalue weighted by atomic mass is 35.5. The highest BCUT2D eigenvalue weighted by Gasteiger charge is 2.06. The zero-order chi connectivity index (χ0) is 11.7. The van der Waals surface area contributed by atoms with Crippen LogP contribution in [0.15, 0.2) is 36.4 Å². The van der Waals surface area contributed by atoms with Crippen LogP contribution in [0, 0.1) is 0 Å². The van der Waals surface area contributed by atoms with E-state index in [0.29, 0.717) is 10.9 Å². The molecule has 0 spiro atoms. The van der Waals surface area contributed by atoms with Crippen LogP contribution in [0.5, 0.6) is 0 Å². The van der Waals surface area contributed by atoms with Gasteiger partial charge in [-0.05, 0) is 46.6 Å². The van der Waals surface area contributed by atoms with Gasteiger partial charge in [-0.3, -0.25) is 4.79 Å². The number of rotatable bonds is 2. The van der Waals surface area contributed by atoms with Crippen molar-refractivity contribution in [2.75, 3.05) is 0 Å². The van der Waals surface area contributed by atoms with Crippen molar-refractivity contribution < 1.29 is 14.7 Å². The summed E-state index contributed by atoms with van der Waals surface area (Å²) < 4.78 is 0. The van der Waals surface area contributed by atoms with Gasteiger partial charge in [0.1, 0.15) is 0 Å². The average Bonchev–Trinajstić information content (AvgIpc) is 2.27. The third kappa shape index (κ3) is 1.90. The molecule has 0 aliphatic carbocycles. The lowest BCUT2D eigenvalue weighted by molar-refractivity contribution is 0.0697. The number of benzene rings is 2. The molecule has 0 radical (unpaired) electrons. The van der Waals surface area contributed by atoms with Gasteiger partial charge in [-0.2, -0.15) is 0 Å². The minimum Gasteiger partial charge on any atom is -0.478 e. The first-order valence-corrected chi connectivity index (χ1v) is 4.92. The van der Waals surface area contributed by atoms with E-state index in [0.717, 1.165) is 5.39 Å². The molecule has 0 saturated carbocycles. The van der Waals surface area contributed by atoms with Gasteiger partial charge in [0.15, 0.2) is 0 Å². The van der Waals surface area contributed by atoms with Crippen molar-refractivity contribution in [3.63, 3.8) is 0 Å². The molecule has 0 fully saturated rings. The predicted octanol–water partition coefficient (Wildman–Crippen LogP) is 2.92. The van der Waals surface area contributed by atoms with Crippen molar-refractivity contribution in [1.82, 2.24) is 0 Å². The fraction of sp³-hybridized carbons (Fsp3) is 0. The molecule has 2 aromatic carbocycles. The van der Waals surface area contributed by atoms with Crippen LogP contribution in [0.3, 0.4) is 0 Å². The van der Waals surface area contributed by atoms with Crippen molar-refractivity contribution in [1.29, 1.82) is 0 Å². The molecule has 0 atom stereocenters. The molecular weight excluding hydrogens is 228 g/mol. The topological polar surface area (TPSA) is 54.4 Å². The summed E-state index contributed by atoms with van der Waals surface area (Å²) in [5.41, 5.74) is 0.545. The summed E-state index contributed by atoms with van der Waals surface area (Å²) >= 11 is 5.35. The number of halogens is 1. The Morgan fingerprint density at radius 1 is 0.938 bits per heavy atom. The number of aromatic carboxylic acids is 1. The van der Waals surface area contributed by atoms with E-state index in [4.69, 9.17) is 16.7 Å². The van der Waals surface area contributed by atoms with Crippen molar-refractivity contribution >= 4 is 33.6 Å². The predicted molar refractivity (Wildman–Crippen MR) is 61.1 cm³/mol. The van der Waals surface area contributed by atoms with Crippen LogP contribution in [0.4, 0.5) is 0 Å². The number of carboxylic acid groups (broad SMARTS) is 1. The van der Waals surface area contributed by atoms with Gasteiger partial charge in [0.2, 0.25) is 0 Å². The van der Waals surface area contributed by atoms with E-state index >= 15 is 0 Å². The van der Waals surface area contributed by atoms with Crippen LogP contribution in [0.2, 0.25) is 0 Å². The Morgan fingerprint density at radius 3 is 2.06 bits per heavy atom. The standard InChI is InChI=1S/C12H7ClO3/c13-11(14)8-3-1-7-2-4-9(12(15)16)6-10(7)5-8/h1-6H,(H,15,16). The van der Waals surface area contributed by atoms with Gasteiger partial charge in [-0.25, -0.2) is 4.79 Å². The maximum atomic E-state index is 11.0. The summed E-state index contributed by atoms with van der Waals surface area (Å²) in [5, 5.41) is 9.83. The fourth-order valence-electron chi connectivity index (χ4n) is 1.50. The van der Waals surface area contributed by atoms with Crippen LogP contribution in [0.1, 0.15) is 20.7 Å². The summed E-state index contributed by atoms with van der Waals surface area (Å²) in [6.45, 7) is 0. The normalized spacial score (nSPS) is 10.3. The molecule has 0 unspecified atom stereocenters. The average molecular weight is 235 g/mol. The Bertz CT molecular complexity index is 541. The van der Waals surface area contributed by atoms with E-state index in [1.165, 1.54) is 12.1 Å². The molecule has 1 N–H and O–H groups in total. The van der Waals surface area contributed by atoms with Crippen LogP contribution < -0.4 is 0 Å². The number of carbonyl (C=O) groups excluding carboxylic acids is 1. The first-order valence-electron chi connectivity index (χ1n) is 4.55. The second kappa shape index (κ2) is 3.94. The van der Waals surface area contributed by atoms with Gasteiger partial charge in [-0.1, -0.05) is 12.1 Å². The maximum absolute atomic E-state index is 11.0. The number of carbonyl (C=O) groups is 2. The van der Waals surface area contributed by atoms with E-state index in [1.54, 1.807) is 24.3 Å². The third-order valence-corrected chi connectivity index (χ3v) is 2.53. The van der Waals surface area contributed by atoms with Crippen molar-refractivity contribution in [3.8, 4) is 0 Å². The molecule has 4 heteroatoms. The van der Waals surface area contributed by atoms with E-state index in [-0.39, 0.29) is 5.56 Å². The van der Waals surface area contributed by atoms with Gasteiger partial charge in [0, 0.05) is 5.56 Å². The van der Waals surface area contributed by atoms with Gasteiger partial charge in [0.05, 0.1) is 5.56 Å². The third-order valence-electron chi connectivity index (χ3n) is 2.31. The monoisotopic (exact) mass is 234 g/mol. The summed E-state index contributed by atoms with van der Waals surface area (Å²) in [6.07, 6.45) is 0. The van der Waals surface area contributed by atoms with E-state index in [9.17, 15) is 9.59 Å². The van der Waals surface area contributed by atoms with E-state index in [1.807, 2.05) is 0 Å². The van der Waals surface area contributed by atoms with Crippen LogP contribution in [0.25, 0.3) is 10.8 Å². The zero-order valence-corrected chi connectivity index (χ0v) is 8.86. The molecule has 0 aliphatic rings. The second-order valence-corrected chi connectivity index (χ2v) is 3.70. The highest BCUT2D eigenvalue weighted by Crippen LogP contribution is 2.19. The molecule has 0 amide bonds. The first kappa shape index (κ1) is 10.6. The minimum atomic E-state index is -0.996. The van der Waals surface area contributed by atoms with Gasteiger partial charge >= 0.3 is 5.97 Å². The van der Waals surface area contributed by atoms with Crippen LogP contribution in [-0.2, 0) is 0 Å². The van der Waals surface area contributed by atoms with E-state index in [2.05, 4.69) is 0 Å². The Hall–Kier alpha value is -1.87. The van der Waals surface area contributed by atoms with Crippen LogP contribution >= 0.6 is 11.6 Å². The highest BCUT2D eigenvalue weighted by molar-refractivity contribution is 6.67. The molecule has 0 heterocycles. The molecule has 16 heavy (non-hydrogen) atoms. The first-order chi connectivity index (χ1) is 7.58. The second-order valence-electron chi connectivity index (χ2n) is 3.36. The lowest BCUT2D eigenvalue weighted by Crippen LogP contribution is -1.95. The maximum Gasteiger partial charge on any atom is 0.335 e. The fourth-order valence-corrected chi connectivity index (χ4v) is 1.62.